The largest absolute Gasteiger partial charge is 0.208 e. The summed E-state index contributed by atoms with van der Waals surface area (Å²) in [6.45, 7) is 0. The van der Waals surface area contributed by atoms with Crippen LogP contribution in [0, 0.1) is 0 Å². The average Bonchev–Trinajstić information content (AvgIpc) is 3.91. The number of hydrogen-bond acceptors (Lipinski definition) is 3. The molecule has 0 saturated carbocycles. The van der Waals surface area contributed by atoms with Crippen molar-refractivity contribution in [2.75, 3.05) is 0 Å². The smallest absolute Gasteiger partial charge is 0.164 e. The fraction of sp³-hybridized carbons (Fsp3) is 0.0317. The van der Waals surface area contributed by atoms with Crippen LogP contribution in [0.4, 0.5) is 0 Å². The van der Waals surface area contributed by atoms with Crippen LogP contribution in [0.1, 0.15) is 44.9 Å². The van der Waals surface area contributed by atoms with Gasteiger partial charge in [0.25, 0.3) is 0 Å². The van der Waals surface area contributed by atoms with Gasteiger partial charge in [0.1, 0.15) is 0 Å². The van der Waals surface area contributed by atoms with E-state index in [0.717, 1.165) is 33.0 Å². The summed E-state index contributed by atoms with van der Waals surface area (Å²) in [5.41, 5.74) is 24.5. The summed E-state index contributed by atoms with van der Waals surface area (Å²) < 4.78 is 0. The highest BCUT2D eigenvalue weighted by Gasteiger charge is 2.51. The van der Waals surface area contributed by atoms with Crippen molar-refractivity contribution in [3.63, 3.8) is 0 Å². The molecule has 66 heavy (non-hydrogen) atoms. The van der Waals surface area contributed by atoms with E-state index in [9.17, 15) is 0 Å². The molecule has 1 aromatic heterocycles. The standard InChI is InChI=1S/C63H37N3/c1-2-17-38(18-3-1)60-64-61(66-62(65-60)48-26-14-19-37-16-4-5-20-40(37)48)39-32-33-41-42-21-6-10-28-52(42)63(53-29-11-7-22-43(53)44-23-8-12-30-54(44)63)55-31-13-9-24-49(55)56-47(51(41)36-39)35-34-46-45-25-15-27-50-57(45)59(50)58(46)56/h1-36,59H. The van der Waals surface area contributed by atoms with Gasteiger partial charge in [-0.3, -0.25) is 0 Å². The predicted molar refractivity (Wildman–Crippen MR) is 267 cm³/mol. The van der Waals surface area contributed by atoms with Gasteiger partial charge in [-0.2, -0.15) is 0 Å². The molecule has 4 aliphatic carbocycles. The van der Waals surface area contributed by atoms with E-state index in [2.05, 4.69) is 200 Å². The molecule has 1 spiro atoms. The first-order chi connectivity index (χ1) is 32.8. The maximum atomic E-state index is 5.37. The van der Waals surface area contributed by atoms with Crippen LogP contribution in [0.25, 0.3) is 101 Å². The van der Waals surface area contributed by atoms with Crippen LogP contribution >= 0.6 is 0 Å². The highest BCUT2D eigenvalue weighted by molar-refractivity contribution is 6.05. The molecular weight excluding hydrogens is 799 g/mol. The molecule has 3 heteroatoms. The van der Waals surface area contributed by atoms with Crippen LogP contribution in [-0.4, -0.2) is 15.0 Å². The monoisotopic (exact) mass is 835 g/mol. The zero-order valence-corrected chi connectivity index (χ0v) is 35.7. The number of aromatic nitrogens is 3. The number of nitrogens with zero attached hydrogens (tertiary/aromatic N) is 3. The topological polar surface area (TPSA) is 38.7 Å². The lowest BCUT2D eigenvalue weighted by atomic mass is 9.64. The molecule has 0 N–H and O–H groups in total. The van der Waals surface area contributed by atoms with Crippen molar-refractivity contribution < 1.29 is 0 Å². The fourth-order valence-corrected chi connectivity index (χ4v) is 12.2. The Balaban J connectivity index is 1.07. The van der Waals surface area contributed by atoms with E-state index in [-0.39, 0.29) is 5.92 Å². The third-order valence-corrected chi connectivity index (χ3v) is 14.9. The summed E-state index contributed by atoms with van der Waals surface area (Å²) in [5, 5.41) is 2.25. The van der Waals surface area contributed by atoms with Crippen molar-refractivity contribution >= 4 is 10.8 Å². The lowest BCUT2D eigenvalue weighted by Gasteiger charge is -2.37. The molecule has 0 aliphatic heterocycles. The molecule has 4 aliphatic rings. The van der Waals surface area contributed by atoms with Gasteiger partial charge in [-0.25, -0.2) is 15.0 Å². The zero-order chi connectivity index (χ0) is 43.1. The van der Waals surface area contributed by atoms with Crippen molar-refractivity contribution in [3.05, 3.63) is 257 Å². The summed E-state index contributed by atoms with van der Waals surface area (Å²) in [7, 11) is 0. The van der Waals surface area contributed by atoms with Gasteiger partial charge >= 0.3 is 0 Å². The Morgan fingerprint density at radius 3 is 1.55 bits per heavy atom. The third kappa shape index (κ3) is 4.73. The highest BCUT2D eigenvalue weighted by Crippen LogP contribution is 2.67. The average molecular weight is 836 g/mol. The molecule has 0 saturated heterocycles. The van der Waals surface area contributed by atoms with Crippen LogP contribution in [0.15, 0.2) is 218 Å². The van der Waals surface area contributed by atoms with Crippen molar-refractivity contribution in [1.29, 1.82) is 0 Å². The Kier molecular flexibility index (Phi) is 7.21. The molecule has 0 amide bonds. The van der Waals surface area contributed by atoms with Gasteiger partial charge in [0.05, 0.1) is 5.41 Å². The minimum absolute atomic E-state index is 0.280. The van der Waals surface area contributed by atoms with Crippen molar-refractivity contribution in [2.24, 2.45) is 0 Å². The molecule has 3 nitrogen and oxygen atoms in total. The lowest BCUT2D eigenvalue weighted by molar-refractivity contribution is 0.773. The Morgan fingerprint density at radius 1 is 0.303 bits per heavy atom. The summed E-state index contributed by atoms with van der Waals surface area (Å²) >= 11 is 0. The first-order valence-electron chi connectivity index (χ1n) is 22.9. The van der Waals surface area contributed by atoms with Crippen LogP contribution < -0.4 is 0 Å². The first-order valence-corrected chi connectivity index (χ1v) is 22.9. The molecule has 1 atom stereocenters. The van der Waals surface area contributed by atoms with Crippen molar-refractivity contribution in [3.8, 4) is 89.8 Å². The Hall–Kier alpha value is -8.53. The molecule has 10 aromatic carbocycles. The highest BCUT2D eigenvalue weighted by atomic mass is 15.0. The lowest BCUT2D eigenvalue weighted by Crippen LogP contribution is -2.30. The van der Waals surface area contributed by atoms with Crippen LogP contribution in [-0.2, 0) is 5.41 Å². The minimum Gasteiger partial charge on any atom is -0.208 e. The third-order valence-electron chi connectivity index (χ3n) is 14.9. The number of hydrogen-bond donors (Lipinski definition) is 0. The van der Waals surface area contributed by atoms with Gasteiger partial charge in [0.2, 0.25) is 0 Å². The molecular formula is C63H37N3. The van der Waals surface area contributed by atoms with E-state index < -0.39 is 5.41 Å². The number of rotatable bonds is 3. The Morgan fingerprint density at radius 2 is 0.803 bits per heavy atom. The molecule has 1 heterocycles. The molecule has 1 unspecified atom stereocenters. The molecule has 304 valence electrons. The Bertz CT molecular complexity index is 3850. The van der Waals surface area contributed by atoms with Crippen LogP contribution in [0.3, 0.4) is 0 Å². The second-order valence-electron chi connectivity index (χ2n) is 18.1. The Labute approximate surface area is 382 Å². The molecule has 15 rings (SSSR count). The van der Waals surface area contributed by atoms with Crippen LogP contribution in [0.2, 0.25) is 0 Å². The zero-order valence-electron chi connectivity index (χ0n) is 35.7. The predicted octanol–water partition coefficient (Wildman–Crippen LogP) is 15.2. The number of fused-ring (bicyclic) bond motifs is 20. The van der Waals surface area contributed by atoms with Gasteiger partial charge in [-0.1, -0.05) is 212 Å². The summed E-state index contributed by atoms with van der Waals surface area (Å²) in [4.78, 5) is 15.9. The van der Waals surface area contributed by atoms with E-state index in [1.54, 1.807) is 0 Å². The second kappa shape index (κ2) is 13.3. The van der Waals surface area contributed by atoms with E-state index in [1.165, 1.54) is 89.0 Å². The van der Waals surface area contributed by atoms with E-state index in [4.69, 9.17) is 15.0 Å². The SMILES string of the molecule is c1ccc(-c2nc(-c3ccc4c(c3)-c3ccc5c(c3-c3ccccc3C3(c6ccccc6-4)c4ccccc4-c4ccccc43)C3c4cccc-5c43)nc(-c3cccc4ccccc34)n2)cc1. The maximum Gasteiger partial charge on any atom is 0.164 e. The normalized spacial score (nSPS) is 14.6. The summed E-state index contributed by atoms with van der Waals surface area (Å²) in [6, 6.07) is 80.5. The van der Waals surface area contributed by atoms with E-state index in [1.807, 2.05) is 18.2 Å². The van der Waals surface area contributed by atoms with Gasteiger partial charge in [-0.05, 0) is 111 Å². The van der Waals surface area contributed by atoms with Crippen molar-refractivity contribution in [2.45, 2.75) is 11.3 Å². The van der Waals surface area contributed by atoms with Crippen LogP contribution in [0.5, 0.6) is 0 Å². The molecule has 11 aromatic rings. The van der Waals surface area contributed by atoms with Crippen molar-refractivity contribution in [1.82, 2.24) is 15.0 Å². The number of benzene rings is 10. The maximum absolute atomic E-state index is 5.37. The molecule has 0 fully saturated rings. The molecule has 0 bridgehead atoms. The minimum atomic E-state index is -0.607. The summed E-state index contributed by atoms with van der Waals surface area (Å²) in [5.74, 6) is 2.21. The van der Waals surface area contributed by atoms with E-state index in [0.29, 0.717) is 17.5 Å². The van der Waals surface area contributed by atoms with E-state index >= 15 is 0 Å². The van der Waals surface area contributed by atoms with Gasteiger partial charge in [0.15, 0.2) is 17.5 Å². The quantitative estimate of drug-likeness (QED) is 0.178. The molecule has 0 radical (unpaired) electrons. The van der Waals surface area contributed by atoms with Gasteiger partial charge in [-0.15, -0.1) is 0 Å². The summed E-state index contributed by atoms with van der Waals surface area (Å²) in [6.07, 6.45) is 0. The second-order valence-corrected chi connectivity index (χ2v) is 18.1. The van der Waals surface area contributed by atoms with Gasteiger partial charge in [0, 0.05) is 22.6 Å². The fourth-order valence-electron chi connectivity index (χ4n) is 12.2. The first kappa shape index (κ1) is 35.9. The van der Waals surface area contributed by atoms with Gasteiger partial charge < -0.3 is 0 Å².